The van der Waals surface area contributed by atoms with Crippen LogP contribution in [-0.4, -0.2) is 35.1 Å². The second kappa shape index (κ2) is 6.08. The number of hydrogen-bond donors (Lipinski definition) is 1. The lowest BCUT2D eigenvalue weighted by Crippen LogP contribution is -2.13. The molecule has 1 aromatic rings. The molecule has 0 aromatic carbocycles. The van der Waals surface area contributed by atoms with Gasteiger partial charge in [0.25, 0.3) is 0 Å². The molecule has 0 aliphatic heterocycles. The molecule has 15 heavy (non-hydrogen) atoms. The number of aromatic nitrogens is 2. The summed E-state index contributed by atoms with van der Waals surface area (Å²) in [6.07, 6.45) is 5.48. The number of nitrogens with one attached hydrogen (secondary N) is 1. The van der Waals surface area contributed by atoms with E-state index in [1.807, 2.05) is 6.20 Å². The minimum atomic E-state index is 0.858. The van der Waals surface area contributed by atoms with Crippen LogP contribution < -0.4 is 0 Å². The van der Waals surface area contributed by atoms with Crippen LogP contribution in [0.25, 0.3) is 0 Å². The summed E-state index contributed by atoms with van der Waals surface area (Å²) in [5, 5.41) is 0. The third-order valence-corrected chi connectivity index (χ3v) is 2.89. The summed E-state index contributed by atoms with van der Waals surface area (Å²) in [5.41, 5.74) is 1.31. The van der Waals surface area contributed by atoms with Gasteiger partial charge in [0.2, 0.25) is 0 Å². The summed E-state index contributed by atoms with van der Waals surface area (Å²) < 4.78 is 3.07. The zero-order valence-electron chi connectivity index (χ0n) is 9.92. The molecule has 0 fully saturated rings. The maximum absolute atomic E-state index is 5.24. The van der Waals surface area contributed by atoms with Gasteiger partial charge < -0.3 is 14.5 Å². The van der Waals surface area contributed by atoms with Crippen molar-refractivity contribution in [1.82, 2.24) is 14.5 Å². The predicted octanol–water partition coefficient (Wildman–Crippen LogP) is 2.45. The van der Waals surface area contributed by atoms with E-state index >= 15 is 0 Å². The van der Waals surface area contributed by atoms with Crippen LogP contribution in [-0.2, 0) is 13.0 Å². The molecule has 0 aliphatic rings. The topological polar surface area (TPSA) is 24.0 Å². The normalized spacial score (nSPS) is 11.2. The molecule has 0 unspecified atom stereocenters. The Balaban J connectivity index is 2.43. The predicted molar refractivity (Wildman–Crippen MR) is 66.8 cm³/mol. The first-order valence-corrected chi connectivity index (χ1v) is 5.97. The number of aryl methyl sites for hydroxylation is 1. The fourth-order valence-electron chi connectivity index (χ4n) is 1.67. The number of unbranched alkanes of at least 4 members (excludes halogenated alkanes) is 1. The number of rotatable bonds is 6. The van der Waals surface area contributed by atoms with E-state index in [9.17, 15) is 0 Å². The Kier molecular flexibility index (Phi) is 5.05. The van der Waals surface area contributed by atoms with Gasteiger partial charge in [-0.3, -0.25) is 0 Å². The maximum atomic E-state index is 5.24. The molecule has 0 atom stereocenters. The van der Waals surface area contributed by atoms with E-state index in [1.54, 1.807) is 0 Å². The Bertz CT molecular complexity index is 338. The number of H-pyrrole nitrogens is 1. The van der Waals surface area contributed by atoms with E-state index in [1.165, 1.54) is 18.5 Å². The first-order chi connectivity index (χ1) is 7.15. The molecule has 4 heteroatoms. The summed E-state index contributed by atoms with van der Waals surface area (Å²) in [7, 11) is 4.22. The number of imidazole rings is 1. The van der Waals surface area contributed by atoms with E-state index in [0.29, 0.717) is 0 Å². The molecule has 0 saturated carbocycles. The molecule has 1 aromatic heterocycles. The van der Waals surface area contributed by atoms with Crippen LogP contribution >= 0.6 is 12.2 Å². The fourth-order valence-corrected chi connectivity index (χ4v) is 1.93. The van der Waals surface area contributed by atoms with Gasteiger partial charge in [-0.2, -0.15) is 0 Å². The Labute approximate surface area is 97.1 Å². The molecule has 1 heterocycles. The lowest BCUT2D eigenvalue weighted by Gasteiger charge is -2.10. The molecule has 3 nitrogen and oxygen atoms in total. The molecule has 0 amide bonds. The average molecular weight is 227 g/mol. The van der Waals surface area contributed by atoms with Gasteiger partial charge in [0.05, 0.1) is 0 Å². The standard InChI is InChI=1S/C11H21N3S/c1-4-10-9-12-11(15)14(10)8-6-5-7-13(2)3/h9H,4-8H2,1-3H3,(H,12,15). The number of nitrogens with zero attached hydrogens (tertiary/aromatic N) is 2. The van der Waals surface area contributed by atoms with Crippen molar-refractivity contribution in [2.24, 2.45) is 0 Å². The Morgan fingerprint density at radius 1 is 1.40 bits per heavy atom. The molecular formula is C11H21N3S. The lowest BCUT2D eigenvalue weighted by atomic mass is 10.3. The molecule has 0 spiro atoms. The monoisotopic (exact) mass is 227 g/mol. The molecule has 0 radical (unpaired) electrons. The zero-order chi connectivity index (χ0) is 11.3. The van der Waals surface area contributed by atoms with Crippen LogP contribution in [0, 0.1) is 4.77 Å². The van der Waals surface area contributed by atoms with Crippen molar-refractivity contribution in [2.75, 3.05) is 20.6 Å². The highest BCUT2D eigenvalue weighted by atomic mass is 32.1. The van der Waals surface area contributed by atoms with Crippen LogP contribution in [0.3, 0.4) is 0 Å². The van der Waals surface area contributed by atoms with E-state index in [2.05, 4.69) is 35.5 Å². The highest BCUT2D eigenvalue weighted by molar-refractivity contribution is 7.71. The van der Waals surface area contributed by atoms with Crippen molar-refractivity contribution in [2.45, 2.75) is 32.7 Å². The van der Waals surface area contributed by atoms with E-state index in [-0.39, 0.29) is 0 Å². The summed E-state index contributed by atoms with van der Waals surface area (Å²) in [6, 6.07) is 0. The first kappa shape index (κ1) is 12.5. The summed E-state index contributed by atoms with van der Waals surface area (Å²) in [5.74, 6) is 0. The minimum absolute atomic E-state index is 0.858. The van der Waals surface area contributed by atoms with Gasteiger partial charge in [-0.05, 0) is 52.1 Å². The lowest BCUT2D eigenvalue weighted by molar-refractivity contribution is 0.386. The maximum Gasteiger partial charge on any atom is 0.177 e. The molecular weight excluding hydrogens is 206 g/mol. The third kappa shape index (κ3) is 3.80. The van der Waals surface area contributed by atoms with Gasteiger partial charge in [0, 0.05) is 18.4 Å². The minimum Gasteiger partial charge on any atom is -0.337 e. The van der Waals surface area contributed by atoms with Crippen molar-refractivity contribution >= 4 is 12.2 Å². The second-order valence-corrected chi connectivity index (χ2v) is 4.49. The number of hydrogen-bond acceptors (Lipinski definition) is 2. The largest absolute Gasteiger partial charge is 0.337 e. The summed E-state index contributed by atoms with van der Waals surface area (Å²) >= 11 is 5.24. The molecule has 1 rings (SSSR count). The van der Waals surface area contributed by atoms with Crippen LogP contribution in [0.1, 0.15) is 25.5 Å². The molecule has 0 saturated heterocycles. The van der Waals surface area contributed by atoms with Crippen LogP contribution in [0.5, 0.6) is 0 Å². The summed E-state index contributed by atoms with van der Waals surface area (Å²) in [4.78, 5) is 5.32. The quantitative estimate of drug-likeness (QED) is 0.596. The van der Waals surface area contributed by atoms with Crippen molar-refractivity contribution in [1.29, 1.82) is 0 Å². The first-order valence-electron chi connectivity index (χ1n) is 5.57. The molecule has 86 valence electrons. The Morgan fingerprint density at radius 2 is 2.13 bits per heavy atom. The second-order valence-electron chi connectivity index (χ2n) is 4.10. The van der Waals surface area contributed by atoms with Crippen LogP contribution in [0.4, 0.5) is 0 Å². The van der Waals surface area contributed by atoms with Gasteiger partial charge in [-0.15, -0.1) is 0 Å². The van der Waals surface area contributed by atoms with Crippen molar-refractivity contribution in [3.63, 3.8) is 0 Å². The SMILES string of the molecule is CCc1c[nH]c(=S)n1CCCCN(C)C. The van der Waals surface area contributed by atoms with Crippen molar-refractivity contribution in [3.05, 3.63) is 16.7 Å². The molecule has 0 aliphatic carbocycles. The number of aromatic amines is 1. The fraction of sp³-hybridized carbons (Fsp3) is 0.727. The molecule has 1 N–H and O–H groups in total. The Morgan fingerprint density at radius 3 is 2.73 bits per heavy atom. The average Bonchev–Trinajstić information content (AvgIpc) is 2.54. The van der Waals surface area contributed by atoms with Crippen LogP contribution in [0.15, 0.2) is 6.20 Å². The molecule has 0 bridgehead atoms. The van der Waals surface area contributed by atoms with E-state index in [0.717, 1.165) is 24.3 Å². The highest BCUT2D eigenvalue weighted by Crippen LogP contribution is 2.05. The van der Waals surface area contributed by atoms with E-state index < -0.39 is 0 Å². The smallest absolute Gasteiger partial charge is 0.177 e. The van der Waals surface area contributed by atoms with E-state index in [4.69, 9.17) is 12.2 Å². The van der Waals surface area contributed by atoms with Gasteiger partial charge in [-0.1, -0.05) is 6.92 Å². The highest BCUT2D eigenvalue weighted by Gasteiger charge is 2.01. The van der Waals surface area contributed by atoms with Gasteiger partial charge in [-0.25, -0.2) is 0 Å². The summed E-state index contributed by atoms with van der Waals surface area (Å²) in [6.45, 7) is 4.35. The van der Waals surface area contributed by atoms with Crippen molar-refractivity contribution < 1.29 is 0 Å². The van der Waals surface area contributed by atoms with Gasteiger partial charge in [0.1, 0.15) is 0 Å². The van der Waals surface area contributed by atoms with Crippen LogP contribution in [0.2, 0.25) is 0 Å². The van der Waals surface area contributed by atoms with Gasteiger partial charge >= 0.3 is 0 Å². The van der Waals surface area contributed by atoms with Gasteiger partial charge in [0.15, 0.2) is 4.77 Å². The Hall–Kier alpha value is -0.610. The zero-order valence-corrected chi connectivity index (χ0v) is 10.7. The van der Waals surface area contributed by atoms with Crippen molar-refractivity contribution in [3.8, 4) is 0 Å². The third-order valence-electron chi connectivity index (χ3n) is 2.55.